The van der Waals surface area contributed by atoms with Gasteiger partial charge in [0.15, 0.2) is 0 Å². The van der Waals surface area contributed by atoms with Crippen molar-refractivity contribution < 1.29 is 24.0 Å². The molecule has 0 aliphatic rings. The summed E-state index contributed by atoms with van der Waals surface area (Å²) in [5.41, 5.74) is 1.38. The van der Waals surface area contributed by atoms with Crippen LogP contribution < -0.4 is 0 Å². The number of benzene rings is 1. The second-order valence-electron chi connectivity index (χ2n) is 5.12. The van der Waals surface area contributed by atoms with Gasteiger partial charge in [-0.1, -0.05) is 12.1 Å². The summed E-state index contributed by atoms with van der Waals surface area (Å²) in [5.74, 6) is -1.31. The monoisotopic (exact) mass is 347 g/mol. The van der Waals surface area contributed by atoms with Crippen LogP contribution in [0.15, 0.2) is 36.7 Å². The Bertz CT molecular complexity index is 771. The summed E-state index contributed by atoms with van der Waals surface area (Å²) in [7, 11) is 0. The Labute approximate surface area is 143 Å². The average Bonchev–Trinajstić information content (AvgIpc) is 3.01. The fraction of sp³-hybridized carbons (Fsp3) is 0.312. The lowest BCUT2D eigenvalue weighted by atomic mass is 10.2. The van der Waals surface area contributed by atoms with Gasteiger partial charge in [-0.05, 0) is 12.5 Å². The lowest BCUT2D eigenvalue weighted by Crippen LogP contribution is -2.13. The first-order chi connectivity index (χ1) is 12.0. The summed E-state index contributed by atoms with van der Waals surface area (Å²) in [4.78, 5) is 33.0. The highest BCUT2D eigenvalue weighted by Crippen LogP contribution is 2.14. The number of nitro benzene ring substituents is 1. The molecule has 0 fully saturated rings. The molecule has 2 rings (SSSR count). The first-order valence-corrected chi connectivity index (χ1v) is 7.54. The SMILES string of the molecule is CCOC(=O)CC(=O)OCc1cnn(Cc2cccc([N+](=O)[O-])c2)c1. The fourth-order valence-corrected chi connectivity index (χ4v) is 2.07. The molecule has 0 spiro atoms. The number of rotatable bonds is 8. The molecule has 0 saturated carbocycles. The minimum atomic E-state index is -0.676. The number of ether oxygens (including phenoxy) is 2. The van der Waals surface area contributed by atoms with Gasteiger partial charge in [-0.2, -0.15) is 5.10 Å². The molecule has 1 aromatic heterocycles. The van der Waals surface area contributed by atoms with Crippen LogP contribution in [0.5, 0.6) is 0 Å². The van der Waals surface area contributed by atoms with E-state index in [2.05, 4.69) is 9.84 Å². The molecule has 1 heterocycles. The number of nitrogens with zero attached hydrogens (tertiary/aromatic N) is 3. The number of hydrogen-bond donors (Lipinski definition) is 0. The van der Waals surface area contributed by atoms with E-state index < -0.39 is 23.3 Å². The van der Waals surface area contributed by atoms with Gasteiger partial charge in [-0.15, -0.1) is 0 Å². The van der Waals surface area contributed by atoms with Crippen LogP contribution in [0.1, 0.15) is 24.5 Å². The van der Waals surface area contributed by atoms with Crippen molar-refractivity contribution in [2.24, 2.45) is 0 Å². The number of nitro groups is 1. The van der Waals surface area contributed by atoms with Gasteiger partial charge >= 0.3 is 11.9 Å². The highest BCUT2D eigenvalue weighted by Gasteiger charge is 2.12. The van der Waals surface area contributed by atoms with Gasteiger partial charge in [0.2, 0.25) is 0 Å². The number of non-ortho nitro benzene ring substituents is 1. The van der Waals surface area contributed by atoms with Crippen LogP contribution in [0, 0.1) is 10.1 Å². The standard InChI is InChI=1S/C16H17N3O6/c1-2-24-15(20)7-16(21)25-11-13-8-17-18(10-13)9-12-4-3-5-14(6-12)19(22)23/h3-6,8,10H,2,7,9,11H2,1H3. The zero-order valence-electron chi connectivity index (χ0n) is 13.6. The molecular formula is C16H17N3O6. The number of esters is 2. The molecule has 132 valence electrons. The normalized spacial score (nSPS) is 10.3. The first kappa shape index (κ1) is 18.1. The summed E-state index contributed by atoms with van der Waals surface area (Å²) in [6.07, 6.45) is 2.75. The van der Waals surface area contributed by atoms with Crippen molar-refractivity contribution >= 4 is 17.6 Å². The molecule has 2 aromatic rings. The Morgan fingerprint density at radius 1 is 1.24 bits per heavy atom. The number of carbonyl (C=O) groups excluding carboxylic acids is 2. The van der Waals surface area contributed by atoms with Crippen LogP contribution in [0.25, 0.3) is 0 Å². The summed E-state index contributed by atoms with van der Waals surface area (Å²) in [5, 5.41) is 14.9. The largest absolute Gasteiger partial charge is 0.466 e. The van der Waals surface area contributed by atoms with E-state index >= 15 is 0 Å². The molecule has 25 heavy (non-hydrogen) atoms. The summed E-state index contributed by atoms with van der Waals surface area (Å²) in [6.45, 7) is 2.18. The molecular weight excluding hydrogens is 330 g/mol. The third-order valence-corrected chi connectivity index (χ3v) is 3.15. The third-order valence-electron chi connectivity index (χ3n) is 3.15. The van der Waals surface area contributed by atoms with E-state index in [0.29, 0.717) is 12.1 Å². The maximum absolute atomic E-state index is 11.5. The molecule has 9 nitrogen and oxygen atoms in total. The predicted octanol–water partition coefficient (Wildman–Crippen LogP) is 1.84. The maximum atomic E-state index is 11.5. The summed E-state index contributed by atoms with van der Waals surface area (Å²) < 4.78 is 11.2. The van der Waals surface area contributed by atoms with Crippen LogP contribution in [-0.2, 0) is 32.2 Å². The van der Waals surface area contributed by atoms with Crippen molar-refractivity contribution in [2.45, 2.75) is 26.5 Å². The second kappa shape index (κ2) is 8.57. The molecule has 0 amide bonds. The Morgan fingerprint density at radius 2 is 2.00 bits per heavy atom. The van der Waals surface area contributed by atoms with E-state index in [1.165, 1.54) is 18.3 Å². The molecule has 0 N–H and O–H groups in total. The number of carbonyl (C=O) groups is 2. The first-order valence-electron chi connectivity index (χ1n) is 7.54. The van der Waals surface area contributed by atoms with Gasteiger partial charge in [0.1, 0.15) is 13.0 Å². The molecule has 9 heteroatoms. The fourth-order valence-electron chi connectivity index (χ4n) is 2.07. The van der Waals surface area contributed by atoms with E-state index in [-0.39, 0.29) is 18.9 Å². The van der Waals surface area contributed by atoms with Crippen molar-refractivity contribution in [2.75, 3.05) is 6.61 Å². The van der Waals surface area contributed by atoms with Crippen LogP contribution >= 0.6 is 0 Å². The van der Waals surface area contributed by atoms with E-state index in [0.717, 1.165) is 5.56 Å². The number of hydrogen-bond acceptors (Lipinski definition) is 7. The van der Waals surface area contributed by atoms with E-state index in [1.54, 1.807) is 29.9 Å². The zero-order valence-corrected chi connectivity index (χ0v) is 13.6. The zero-order chi connectivity index (χ0) is 18.2. The Hall–Kier alpha value is -3.23. The van der Waals surface area contributed by atoms with Gasteiger partial charge in [-0.3, -0.25) is 24.4 Å². The van der Waals surface area contributed by atoms with Crippen LogP contribution in [0.2, 0.25) is 0 Å². The Morgan fingerprint density at radius 3 is 2.72 bits per heavy atom. The van der Waals surface area contributed by atoms with Crippen LogP contribution in [-0.4, -0.2) is 33.2 Å². The average molecular weight is 347 g/mol. The van der Waals surface area contributed by atoms with Crippen molar-refractivity contribution in [3.8, 4) is 0 Å². The molecule has 0 saturated heterocycles. The van der Waals surface area contributed by atoms with Crippen molar-refractivity contribution in [3.05, 3.63) is 57.9 Å². The van der Waals surface area contributed by atoms with Gasteiger partial charge in [0, 0.05) is 23.9 Å². The van der Waals surface area contributed by atoms with E-state index in [9.17, 15) is 19.7 Å². The quantitative estimate of drug-likeness (QED) is 0.310. The summed E-state index contributed by atoms with van der Waals surface area (Å²) in [6, 6.07) is 6.25. The third kappa shape index (κ3) is 5.72. The van der Waals surface area contributed by atoms with Gasteiger partial charge < -0.3 is 9.47 Å². The van der Waals surface area contributed by atoms with Crippen molar-refractivity contribution in [3.63, 3.8) is 0 Å². The smallest absolute Gasteiger partial charge is 0.317 e. The minimum absolute atomic E-state index is 0.0118. The van der Waals surface area contributed by atoms with Crippen LogP contribution in [0.3, 0.4) is 0 Å². The minimum Gasteiger partial charge on any atom is -0.466 e. The second-order valence-corrected chi connectivity index (χ2v) is 5.12. The highest BCUT2D eigenvalue weighted by atomic mass is 16.6. The van der Waals surface area contributed by atoms with E-state index in [1.807, 2.05) is 0 Å². The molecule has 0 atom stereocenters. The molecule has 0 aliphatic heterocycles. The van der Waals surface area contributed by atoms with Crippen LogP contribution in [0.4, 0.5) is 5.69 Å². The molecule has 0 bridgehead atoms. The van der Waals surface area contributed by atoms with Gasteiger partial charge in [-0.25, -0.2) is 0 Å². The Balaban J connectivity index is 1.88. The lowest BCUT2D eigenvalue weighted by Gasteiger charge is -2.03. The lowest BCUT2D eigenvalue weighted by molar-refractivity contribution is -0.384. The Kier molecular flexibility index (Phi) is 6.21. The highest BCUT2D eigenvalue weighted by molar-refractivity contribution is 5.91. The maximum Gasteiger partial charge on any atom is 0.317 e. The molecule has 1 aromatic carbocycles. The number of aromatic nitrogens is 2. The van der Waals surface area contributed by atoms with E-state index in [4.69, 9.17) is 4.74 Å². The molecule has 0 radical (unpaired) electrons. The van der Waals surface area contributed by atoms with Crippen molar-refractivity contribution in [1.29, 1.82) is 0 Å². The topological polar surface area (TPSA) is 114 Å². The van der Waals surface area contributed by atoms with Gasteiger partial charge in [0.05, 0.1) is 24.3 Å². The predicted molar refractivity (Wildman–Crippen MR) is 85.5 cm³/mol. The molecule has 0 aliphatic carbocycles. The summed E-state index contributed by atoms with van der Waals surface area (Å²) >= 11 is 0. The van der Waals surface area contributed by atoms with Gasteiger partial charge in [0.25, 0.3) is 5.69 Å². The van der Waals surface area contributed by atoms with Crippen molar-refractivity contribution in [1.82, 2.24) is 9.78 Å². The molecule has 0 unspecified atom stereocenters.